The van der Waals surface area contributed by atoms with E-state index < -0.39 is 59.7 Å². The number of carbonyl (C=O) groups excluding carboxylic acids is 4. The Balaban J connectivity index is 2.01. The van der Waals surface area contributed by atoms with Crippen LogP contribution in [0.5, 0.6) is 0 Å². The van der Waals surface area contributed by atoms with E-state index in [2.05, 4.69) is 0 Å². The molecule has 2 rings (SSSR count). The summed E-state index contributed by atoms with van der Waals surface area (Å²) >= 11 is 0. The Morgan fingerprint density at radius 2 is 1.50 bits per heavy atom. The summed E-state index contributed by atoms with van der Waals surface area (Å²) in [6.45, 7) is 2.68. The molecule has 1 aliphatic rings. The lowest BCUT2D eigenvalue weighted by Gasteiger charge is -2.32. The molecule has 0 atom stereocenters. The first-order chi connectivity index (χ1) is 11.1. The Morgan fingerprint density at radius 1 is 1.00 bits per heavy atom. The molecule has 24 heavy (non-hydrogen) atoms. The van der Waals surface area contributed by atoms with Crippen molar-refractivity contribution in [1.82, 2.24) is 0 Å². The molecule has 0 aromatic heterocycles. The van der Waals surface area contributed by atoms with E-state index in [-0.39, 0.29) is 5.56 Å². The molecule has 0 N–H and O–H groups in total. The van der Waals surface area contributed by atoms with Gasteiger partial charge >= 0.3 is 11.9 Å². The van der Waals surface area contributed by atoms with Crippen LogP contribution in [0.2, 0.25) is 0 Å². The first kappa shape index (κ1) is 17.7. The van der Waals surface area contributed by atoms with E-state index in [1.54, 1.807) is 0 Å². The molecule has 1 fully saturated rings. The first-order valence-electron chi connectivity index (χ1n) is 7.07. The molecule has 0 unspecified atom stereocenters. The average Bonchev–Trinajstić information content (AvgIpc) is 2.41. The number of cyclic esters (lactones) is 2. The second-order valence-corrected chi connectivity index (χ2v) is 5.72. The summed E-state index contributed by atoms with van der Waals surface area (Å²) < 4.78 is 35.8. The monoisotopic (exact) mass is 340 g/mol. The third-order valence-electron chi connectivity index (χ3n) is 3.27. The van der Waals surface area contributed by atoms with Gasteiger partial charge in [-0.3, -0.25) is 19.2 Å². The van der Waals surface area contributed by atoms with Crippen molar-refractivity contribution in [3.63, 3.8) is 0 Å². The van der Waals surface area contributed by atoms with Crippen molar-refractivity contribution in [2.45, 2.75) is 32.5 Å². The number of halogens is 2. The SMILES string of the molecule is CC1(C)OC(=O)C(C(=O)CCC(=O)c2cc(F)cc(F)c2)C(=O)O1. The number of rotatable bonds is 5. The van der Waals surface area contributed by atoms with Gasteiger partial charge in [0.2, 0.25) is 5.92 Å². The number of Topliss-reactive ketones (excluding diaryl/α,β-unsaturated/α-hetero) is 2. The topological polar surface area (TPSA) is 86.7 Å². The highest BCUT2D eigenvalue weighted by Gasteiger charge is 2.46. The number of esters is 2. The molecule has 0 amide bonds. The van der Waals surface area contributed by atoms with Gasteiger partial charge in [-0.15, -0.1) is 0 Å². The molecule has 0 aliphatic carbocycles. The van der Waals surface area contributed by atoms with E-state index in [0.29, 0.717) is 6.07 Å². The molecule has 8 heteroatoms. The maximum atomic E-state index is 13.1. The van der Waals surface area contributed by atoms with Gasteiger partial charge in [0.15, 0.2) is 11.6 Å². The van der Waals surface area contributed by atoms with Gasteiger partial charge in [-0.1, -0.05) is 0 Å². The van der Waals surface area contributed by atoms with Gasteiger partial charge in [0.25, 0.3) is 5.79 Å². The molecule has 128 valence electrons. The van der Waals surface area contributed by atoms with Crippen molar-refractivity contribution in [3.8, 4) is 0 Å². The molecule has 0 saturated carbocycles. The number of carbonyl (C=O) groups is 4. The zero-order valence-corrected chi connectivity index (χ0v) is 12.9. The number of hydrogen-bond donors (Lipinski definition) is 0. The molecule has 1 aromatic rings. The van der Waals surface area contributed by atoms with Crippen LogP contribution in [-0.2, 0) is 23.9 Å². The highest BCUT2D eigenvalue weighted by molar-refractivity contribution is 6.16. The number of benzene rings is 1. The lowest BCUT2D eigenvalue weighted by atomic mass is 9.96. The smallest absolute Gasteiger partial charge is 0.331 e. The van der Waals surface area contributed by atoms with Gasteiger partial charge in [-0.2, -0.15) is 0 Å². The minimum atomic E-state index is -1.75. The molecule has 1 aromatic carbocycles. The molecule has 0 bridgehead atoms. The van der Waals surface area contributed by atoms with Gasteiger partial charge in [-0.25, -0.2) is 8.78 Å². The van der Waals surface area contributed by atoms with Gasteiger partial charge in [0.1, 0.15) is 11.6 Å². The van der Waals surface area contributed by atoms with E-state index in [1.807, 2.05) is 0 Å². The summed E-state index contributed by atoms with van der Waals surface area (Å²) in [4.78, 5) is 47.4. The van der Waals surface area contributed by atoms with Crippen molar-refractivity contribution in [1.29, 1.82) is 0 Å². The van der Waals surface area contributed by atoms with E-state index in [1.165, 1.54) is 13.8 Å². The molecule has 0 spiro atoms. The van der Waals surface area contributed by atoms with Crippen molar-refractivity contribution in [3.05, 3.63) is 35.4 Å². The van der Waals surface area contributed by atoms with E-state index in [0.717, 1.165) is 12.1 Å². The summed E-state index contributed by atoms with van der Waals surface area (Å²) in [6, 6.07) is 2.28. The summed E-state index contributed by atoms with van der Waals surface area (Å²) in [7, 11) is 0. The van der Waals surface area contributed by atoms with Crippen LogP contribution in [-0.4, -0.2) is 29.3 Å². The molecule has 1 aliphatic heterocycles. The molecule has 0 radical (unpaired) electrons. The van der Waals surface area contributed by atoms with Crippen molar-refractivity contribution in [2.24, 2.45) is 5.92 Å². The predicted octanol–water partition coefficient (Wildman–Crippen LogP) is 1.95. The summed E-state index contributed by atoms with van der Waals surface area (Å²) in [6.07, 6.45) is -0.881. The Kier molecular flexibility index (Phi) is 4.77. The standard InChI is InChI=1S/C16H14F2O6/c1-16(2)23-14(21)13(15(22)24-16)12(20)4-3-11(19)8-5-9(17)7-10(18)6-8/h5-7,13H,3-4H2,1-2H3. The molecular formula is C16H14F2O6. The van der Waals surface area contributed by atoms with Crippen LogP contribution in [0.15, 0.2) is 18.2 Å². The van der Waals surface area contributed by atoms with Gasteiger partial charge in [-0.05, 0) is 12.1 Å². The van der Waals surface area contributed by atoms with E-state index >= 15 is 0 Å². The van der Waals surface area contributed by atoms with Crippen molar-refractivity contribution in [2.75, 3.05) is 0 Å². The fraction of sp³-hybridized carbons (Fsp3) is 0.375. The molecular weight excluding hydrogens is 326 g/mol. The normalized spacial score (nSPS) is 17.2. The highest BCUT2D eigenvalue weighted by atomic mass is 19.1. The highest BCUT2D eigenvalue weighted by Crippen LogP contribution is 2.25. The number of ether oxygens (including phenoxy) is 2. The zero-order valence-electron chi connectivity index (χ0n) is 12.9. The van der Waals surface area contributed by atoms with Gasteiger partial charge in [0.05, 0.1) is 0 Å². The summed E-state index contributed by atoms with van der Waals surface area (Å²) in [5.41, 5.74) is -0.241. The largest absolute Gasteiger partial charge is 0.422 e. The quantitative estimate of drug-likeness (QED) is 0.463. The number of ketones is 2. The maximum Gasteiger partial charge on any atom is 0.331 e. The number of hydrogen-bond acceptors (Lipinski definition) is 6. The van der Waals surface area contributed by atoms with Crippen LogP contribution in [0.25, 0.3) is 0 Å². The van der Waals surface area contributed by atoms with Crippen molar-refractivity contribution < 1.29 is 37.4 Å². The summed E-state index contributed by atoms with van der Waals surface area (Å²) in [5, 5.41) is 0. The fourth-order valence-corrected chi connectivity index (χ4v) is 2.22. The van der Waals surface area contributed by atoms with Crippen LogP contribution in [0.4, 0.5) is 8.78 Å². The minimum absolute atomic E-state index is 0.241. The van der Waals surface area contributed by atoms with Crippen LogP contribution in [0, 0.1) is 17.6 Å². The second kappa shape index (κ2) is 6.46. The predicted molar refractivity (Wildman–Crippen MR) is 74.7 cm³/mol. The fourth-order valence-electron chi connectivity index (χ4n) is 2.22. The molecule has 1 heterocycles. The van der Waals surface area contributed by atoms with Crippen molar-refractivity contribution >= 4 is 23.5 Å². The van der Waals surface area contributed by atoms with E-state index in [4.69, 9.17) is 9.47 Å². The van der Waals surface area contributed by atoms with E-state index in [9.17, 15) is 28.0 Å². The van der Waals surface area contributed by atoms with Crippen LogP contribution < -0.4 is 0 Å². The lowest BCUT2D eigenvalue weighted by Crippen LogP contribution is -2.49. The maximum absolute atomic E-state index is 13.1. The Hall–Kier alpha value is -2.64. The lowest BCUT2D eigenvalue weighted by molar-refractivity contribution is -0.238. The second-order valence-electron chi connectivity index (χ2n) is 5.72. The van der Waals surface area contributed by atoms with Crippen LogP contribution in [0.1, 0.15) is 37.0 Å². The average molecular weight is 340 g/mol. The van der Waals surface area contributed by atoms with Crippen LogP contribution >= 0.6 is 0 Å². The Bertz CT molecular complexity index is 685. The Labute approximate surface area is 135 Å². The third-order valence-corrected chi connectivity index (χ3v) is 3.27. The first-order valence-corrected chi connectivity index (χ1v) is 7.07. The minimum Gasteiger partial charge on any atom is -0.422 e. The zero-order chi connectivity index (χ0) is 18.1. The van der Waals surface area contributed by atoms with Gasteiger partial charge in [0, 0.05) is 38.3 Å². The molecule has 6 nitrogen and oxygen atoms in total. The third kappa shape index (κ3) is 4.01. The van der Waals surface area contributed by atoms with Crippen LogP contribution in [0.3, 0.4) is 0 Å². The van der Waals surface area contributed by atoms with Gasteiger partial charge < -0.3 is 9.47 Å². The summed E-state index contributed by atoms with van der Waals surface area (Å²) in [5.74, 6) is -8.71. The Morgan fingerprint density at radius 3 is 2.00 bits per heavy atom. The molecule has 1 saturated heterocycles.